The summed E-state index contributed by atoms with van der Waals surface area (Å²) in [6.45, 7) is 2.30. The van der Waals surface area contributed by atoms with Crippen LogP contribution in [0.5, 0.6) is 0 Å². The minimum absolute atomic E-state index is 0.120. The number of nitrogens with zero attached hydrogens (tertiary/aromatic N) is 2. The molecule has 0 aromatic heterocycles. The second-order valence-corrected chi connectivity index (χ2v) is 7.32. The molecular weight excluding hydrogens is 314 g/mol. The molecule has 132 valence electrons. The molecule has 4 fully saturated rings. The smallest absolute Gasteiger partial charge is 0.162 e. The lowest BCUT2D eigenvalue weighted by atomic mass is 9.75. The van der Waals surface area contributed by atoms with Crippen LogP contribution in [-0.2, 0) is 0 Å². The molecule has 0 saturated carbocycles. The van der Waals surface area contributed by atoms with Gasteiger partial charge in [-0.3, -0.25) is 9.80 Å². The number of aliphatic hydroxyl groups excluding tert-OH is 2. The molecule has 4 heterocycles. The Hall–Kier alpha value is -1.08. The fraction of sp³-hybridized carbons (Fsp3) is 0.667. The molecule has 1 aromatic carbocycles. The van der Waals surface area contributed by atoms with Crippen molar-refractivity contribution in [3.8, 4) is 0 Å². The van der Waals surface area contributed by atoms with E-state index in [9.17, 15) is 19.0 Å². The van der Waals surface area contributed by atoms with Crippen LogP contribution in [0.15, 0.2) is 18.2 Å². The van der Waals surface area contributed by atoms with E-state index in [1.165, 1.54) is 0 Å². The van der Waals surface area contributed by atoms with Gasteiger partial charge in [-0.25, -0.2) is 8.78 Å². The Balaban J connectivity index is 1.74. The molecule has 0 spiro atoms. The Kier molecular flexibility index (Phi) is 4.33. The minimum Gasteiger partial charge on any atom is -0.395 e. The van der Waals surface area contributed by atoms with Gasteiger partial charge in [0.25, 0.3) is 0 Å². The third-order valence-electron chi connectivity index (χ3n) is 6.30. The second kappa shape index (κ2) is 6.33. The number of fused-ring (bicyclic) bond motifs is 2. The van der Waals surface area contributed by atoms with Crippen LogP contribution in [0.2, 0.25) is 0 Å². The van der Waals surface area contributed by atoms with Crippen molar-refractivity contribution in [3.63, 3.8) is 0 Å². The van der Waals surface area contributed by atoms with Crippen LogP contribution in [-0.4, -0.2) is 71.0 Å². The van der Waals surface area contributed by atoms with E-state index in [0.29, 0.717) is 18.0 Å². The highest BCUT2D eigenvalue weighted by Crippen LogP contribution is 2.47. The van der Waals surface area contributed by atoms with Gasteiger partial charge in [-0.05, 0) is 43.5 Å². The topological polar surface area (TPSA) is 46.9 Å². The van der Waals surface area contributed by atoms with Crippen molar-refractivity contribution in [3.05, 3.63) is 35.4 Å². The third kappa shape index (κ3) is 2.39. The lowest BCUT2D eigenvalue weighted by Gasteiger charge is -2.52. The lowest BCUT2D eigenvalue weighted by Crippen LogP contribution is -2.61. The van der Waals surface area contributed by atoms with Crippen LogP contribution < -0.4 is 0 Å². The SMILES string of the molecule is OCC(CO)N1C[C@H](c2cccc(F)c2F)[C@@H]2[C@H]1C1CCN2CC1. The van der Waals surface area contributed by atoms with E-state index in [1.54, 1.807) is 12.1 Å². The molecule has 1 aromatic rings. The zero-order valence-corrected chi connectivity index (χ0v) is 13.6. The molecule has 6 heteroatoms. The molecule has 4 aliphatic rings. The lowest BCUT2D eigenvalue weighted by molar-refractivity contribution is -0.0349. The molecule has 3 atom stereocenters. The molecule has 4 saturated heterocycles. The number of aliphatic hydroxyl groups is 2. The maximum atomic E-state index is 14.4. The van der Waals surface area contributed by atoms with Gasteiger partial charge in [0.1, 0.15) is 0 Å². The molecule has 2 N–H and O–H groups in total. The summed E-state index contributed by atoms with van der Waals surface area (Å²) in [6, 6.07) is 4.40. The maximum Gasteiger partial charge on any atom is 0.162 e. The first-order chi connectivity index (χ1) is 11.7. The van der Waals surface area contributed by atoms with Gasteiger partial charge in [0.15, 0.2) is 11.6 Å². The quantitative estimate of drug-likeness (QED) is 0.866. The van der Waals surface area contributed by atoms with E-state index in [1.807, 2.05) is 0 Å². The number of hydrogen-bond donors (Lipinski definition) is 2. The summed E-state index contributed by atoms with van der Waals surface area (Å²) in [5.74, 6) is -1.19. The van der Waals surface area contributed by atoms with E-state index >= 15 is 0 Å². The fourth-order valence-corrected chi connectivity index (χ4v) is 5.22. The van der Waals surface area contributed by atoms with Gasteiger partial charge in [0.2, 0.25) is 0 Å². The predicted molar refractivity (Wildman–Crippen MR) is 85.6 cm³/mol. The summed E-state index contributed by atoms with van der Waals surface area (Å²) < 4.78 is 28.2. The third-order valence-corrected chi connectivity index (χ3v) is 6.30. The molecule has 0 unspecified atom stereocenters. The maximum absolute atomic E-state index is 14.4. The highest BCUT2D eigenvalue weighted by atomic mass is 19.2. The Morgan fingerprint density at radius 2 is 1.79 bits per heavy atom. The average molecular weight is 338 g/mol. The number of hydrogen-bond acceptors (Lipinski definition) is 4. The van der Waals surface area contributed by atoms with Crippen molar-refractivity contribution in [1.29, 1.82) is 0 Å². The van der Waals surface area contributed by atoms with E-state index in [2.05, 4.69) is 9.80 Å². The van der Waals surface area contributed by atoms with Gasteiger partial charge in [-0.1, -0.05) is 12.1 Å². The molecule has 4 nitrogen and oxygen atoms in total. The van der Waals surface area contributed by atoms with Gasteiger partial charge >= 0.3 is 0 Å². The molecule has 5 rings (SSSR count). The van der Waals surface area contributed by atoms with Crippen LogP contribution in [0.1, 0.15) is 24.3 Å². The first-order valence-electron chi connectivity index (χ1n) is 8.81. The molecule has 0 amide bonds. The van der Waals surface area contributed by atoms with E-state index < -0.39 is 11.6 Å². The van der Waals surface area contributed by atoms with Gasteiger partial charge in [-0.2, -0.15) is 0 Å². The molecule has 4 aliphatic heterocycles. The number of likely N-dealkylation sites (tertiary alicyclic amines) is 1. The highest BCUT2D eigenvalue weighted by molar-refractivity contribution is 5.29. The van der Waals surface area contributed by atoms with E-state index in [0.717, 1.165) is 32.0 Å². The van der Waals surface area contributed by atoms with Crippen LogP contribution in [0.25, 0.3) is 0 Å². The van der Waals surface area contributed by atoms with Gasteiger partial charge in [0, 0.05) is 24.5 Å². The summed E-state index contributed by atoms with van der Waals surface area (Å²) in [4.78, 5) is 4.54. The molecule has 0 aliphatic carbocycles. The minimum atomic E-state index is -0.806. The Bertz CT molecular complexity index is 603. The van der Waals surface area contributed by atoms with Crippen LogP contribution >= 0.6 is 0 Å². The first kappa shape index (κ1) is 16.4. The van der Waals surface area contributed by atoms with Gasteiger partial charge in [0.05, 0.1) is 19.3 Å². The summed E-state index contributed by atoms with van der Waals surface area (Å²) in [5.41, 5.74) is 0.426. The van der Waals surface area contributed by atoms with Gasteiger partial charge < -0.3 is 10.2 Å². The number of rotatable bonds is 4. The first-order valence-corrected chi connectivity index (χ1v) is 8.81. The average Bonchev–Trinajstić information content (AvgIpc) is 3.02. The number of halogens is 2. The molecule has 0 radical (unpaired) electrons. The van der Waals surface area contributed by atoms with Crippen molar-refractivity contribution >= 4 is 0 Å². The summed E-state index contributed by atoms with van der Waals surface area (Å²) in [6.07, 6.45) is 2.19. The van der Waals surface area contributed by atoms with Crippen LogP contribution in [0.4, 0.5) is 8.78 Å². The van der Waals surface area contributed by atoms with Crippen molar-refractivity contribution in [2.24, 2.45) is 5.92 Å². The summed E-state index contributed by atoms with van der Waals surface area (Å²) in [5, 5.41) is 19.3. The Morgan fingerprint density at radius 3 is 2.46 bits per heavy atom. The van der Waals surface area contributed by atoms with E-state index in [-0.39, 0.29) is 37.3 Å². The van der Waals surface area contributed by atoms with Crippen molar-refractivity contribution < 1.29 is 19.0 Å². The highest BCUT2D eigenvalue weighted by Gasteiger charge is 2.55. The number of piperidine rings is 3. The molecule has 2 bridgehead atoms. The van der Waals surface area contributed by atoms with E-state index in [4.69, 9.17) is 0 Å². The Morgan fingerprint density at radius 1 is 1.08 bits per heavy atom. The standard InChI is InChI=1S/C18H24F2N2O2/c19-15-3-1-2-13(16(15)20)14-8-22(12(9-23)10-24)17-11-4-6-21(7-5-11)18(14)17/h1-3,11-12,14,17-18,23-24H,4-10H2/t14-,17-,18-/m1/s1. The monoisotopic (exact) mass is 338 g/mol. The number of benzene rings is 1. The van der Waals surface area contributed by atoms with Crippen LogP contribution in [0.3, 0.4) is 0 Å². The largest absolute Gasteiger partial charge is 0.395 e. The fourth-order valence-electron chi connectivity index (χ4n) is 5.22. The Labute approximate surface area is 140 Å². The molecule has 24 heavy (non-hydrogen) atoms. The molecular formula is C18H24F2N2O2. The normalized spacial score (nSPS) is 35.6. The van der Waals surface area contributed by atoms with Gasteiger partial charge in [-0.15, -0.1) is 0 Å². The summed E-state index contributed by atoms with van der Waals surface area (Å²) >= 11 is 0. The zero-order valence-electron chi connectivity index (χ0n) is 13.6. The second-order valence-electron chi connectivity index (χ2n) is 7.32. The van der Waals surface area contributed by atoms with Crippen molar-refractivity contribution in [2.75, 3.05) is 32.8 Å². The zero-order chi connectivity index (χ0) is 16.8. The predicted octanol–water partition coefficient (Wildman–Crippen LogP) is 1.18. The van der Waals surface area contributed by atoms with Crippen molar-refractivity contribution in [1.82, 2.24) is 9.80 Å². The van der Waals surface area contributed by atoms with Crippen LogP contribution in [0, 0.1) is 17.6 Å². The summed E-state index contributed by atoms with van der Waals surface area (Å²) in [7, 11) is 0. The van der Waals surface area contributed by atoms with Crippen molar-refractivity contribution in [2.45, 2.75) is 36.9 Å².